The fraction of sp³-hybridized carbons (Fsp3) is 0.182. The van der Waals surface area contributed by atoms with Crippen LogP contribution in [-0.2, 0) is 20.8 Å². The van der Waals surface area contributed by atoms with Gasteiger partial charge < -0.3 is 14.0 Å². The normalized spacial score (nSPS) is 14.8. The quantitative estimate of drug-likeness (QED) is 0.517. The summed E-state index contributed by atoms with van der Waals surface area (Å²) >= 11 is 0. The van der Waals surface area contributed by atoms with Gasteiger partial charge in [0.2, 0.25) is 0 Å². The maximum Gasteiger partial charge on any atom is 0.346 e. The first-order chi connectivity index (χ1) is 13.1. The van der Waals surface area contributed by atoms with Crippen LogP contribution in [0.2, 0.25) is 0 Å². The fourth-order valence-electron chi connectivity index (χ4n) is 3.45. The molecule has 0 saturated carbocycles. The monoisotopic (exact) mass is 361 g/mol. The highest BCUT2D eigenvalue weighted by Crippen LogP contribution is 2.39. The van der Waals surface area contributed by atoms with E-state index in [2.05, 4.69) is 0 Å². The van der Waals surface area contributed by atoms with E-state index in [9.17, 15) is 9.59 Å². The molecule has 2 heterocycles. The lowest BCUT2D eigenvalue weighted by atomic mass is 10.1. The molecule has 0 N–H and O–H groups in total. The number of aromatic nitrogens is 1. The Morgan fingerprint density at radius 3 is 2.52 bits per heavy atom. The molecule has 1 aliphatic heterocycles. The van der Waals surface area contributed by atoms with Crippen LogP contribution in [0, 0.1) is 0 Å². The second-order valence-electron chi connectivity index (χ2n) is 6.38. The summed E-state index contributed by atoms with van der Waals surface area (Å²) in [5.41, 5.74) is 3.45. The third kappa shape index (κ3) is 2.81. The molecular weight excluding hydrogens is 342 g/mol. The molecule has 136 valence electrons. The summed E-state index contributed by atoms with van der Waals surface area (Å²) in [5.74, 6) is -0.642. The summed E-state index contributed by atoms with van der Waals surface area (Å²) in [5, 5.41) is 0.820. The molecule has 1 aliphatic rings. The first-order valence-electron chi connectivity index (χ1n) is 8.87. The van der Waals surface area contributed by atoms with Crippen LogP contribution in [0.5, 0.6) is 0 Å². The second kappa shape index (κ2) is 6.76. The highest BCUT2D eigenvalue weighted by molar-refractivity contribution is 6.15. The van der Waals surface area contributed by atoms with Crippen molar-refractivity contribution >= 4 is 28.6 Å². The molecule has 0 aliphatic carbocycles. The molecule has 0 fully saturated rings. The molecule has 1 aromatic heterocycles. The molecule has 5 nitrogen and oxygen atoms in total. The van der Waals surface area contributed by atoms with E-state index in [1.807, 2.05) is 59.2 Å². The summed E-state index contributed by atoms with van der Waals surface area (Å²) in [6, 6.07) is 17.7. The van der Waals surface area contributed by atoms with E-state index >= 15 is 0 Å². The number of esters is 2. The standard InChI is InChI=1S/C22H19NO4/c1-3-26-21(24)14(2)20-19-18(22(25)27-20)16-11-7-8-12-17(16)23(19)13-15-9-5-4-6-10-15/h4-12H,3,13H2,1-2H3/b20-14-. The number of hydrogen-bond donors (Lipinski definition) is 0. The number of carbonyl (C=O) groups excluding carboxylic acids is 2. The molecule has 0 atom stereocenters. The number of benzene rings is 2. The van der Waals surface area contributed by atoms with Crippen LogP contribution in [0.1, 0.15) is 35.5 Å². The Kier molecular flexibility index (Phi) is 4.28. The predicted octanol–water partition coefficient (Wildman–Crippen LogP) is 4.15. The number of carbonyl (C=O) groups is 2. The molecular formula is C22H19NO4. The number of rotatable bonds is 4. The summed E-state index contributed by atoms with van der Waals surface area (Å²) < 4.78 is 12.6. The van der Waals surface area contributed by atoms with Gasteiger partial charge in [-0.2, -0.15) is 0 Å². The van der Waals surface area contributed by atoms with Crippen molar-refractivity contribution in [1.82, 2.24) is 4.57 Å². The largest absolute Gasteiger partial charge is 0.463 e. The SMILES string of the molecule is CCOC(=O)/C(C)=C1\OC(=O)c2c1n(Cc1ccccc1)c1ccccc21. The Balaban J connectivity index is 1.96. The summed E-state index contributed by atoms with van der Waals surface area (Å²) in [6.45, 7) is 4.19. The lowest BCUT2D eigenvalue weighted by Gasteiger charge is -2.12. The first-order valence-corrected chi connectivity index (χ1v) is 8.87. The van der Waals surface area contributed by atoms with E-state index in [1.54, 1.807) is 13.8 Å². The van der Waals surface area contributed by atoms with Gasteiger partial charge >= 0.3 is 11.9 Å². The Hall–Kier alpha value is -3.34. The van der Waals surface area contributed by atoms with Crippen LogP contribution in [0.3, 0.4) is 0 Å². The smallest absolute Gasteiger partial charge is 0.346 e. The van der Waals surface area contributed by atoms with Crippen LogP contribution in [-0.4, -0.2) is 23.1 Å². The minimum Gasteiger partial charge on any atom is -0.463 e. The Morgan fingerprint density at radius 1 is 1.07 bits per heavy atom. The molecule has 27 heavy (non-hydrogen) atoms. The summed E-state index contributed by atoms with van der Waals surface area (Å²) in [7, 11) is 0. The van der Waals surface area contributed by atoms with Crippen molar-refractivity contribution in [2.75, 3.05) is 6.61 Å². The molecule has 5 heteroatoms. The van der Waals surface area contributed by atoms with Crippen LogP contribution >= 0.6 is 0 Å². The molecule has 0 amide bonds. The van der Waals surface area contributed by atoms with Crippen molar-refractivity contribution in [2.45, 2.75) is 20.4 Å². The lowest BCUT2D eigenvalue weighted by Crippen LogP contribution is -2.10. The first kappa shape index (κ1) is 17.1. The van der Waals surface area contributed by atoms with Gasteiger partial charge in [-0.3, -0.25) is 0 Å². The van der Waals surface area contributed by atoms with Crippen molar-refractivity contribution in [3.63, 3.8) is 0 Å². The van der Waals surface area contributed by atoms with E-state index in [0.717, 1.165) is 16.5 Å². The number of nitrogens with zero attached hydrogens (tertiary/aromatic N) is 1. The fourth-order valence-corrected chi connectivity index (χ4v) is 3.45. The number of hydrogen-bond acceptors (Lipinski definition) is 4. The van der Waals surface area contributed by atoms with E-state index < -0.39 is 11.9 Å². The molecule has 0 saturated heterocycles. The van der Waals surface area contributed by atoms with Crippen molar-refractivity contribution < 1.29 is 19.1 Å². The molecule has 0 bridgehead atoms. The number of para-hydroxylation sites is 1. The molecule has 0 radical (unpaired) electrons. The van der Waals surface area contributed by atoms with Gasteiger partial charge in [0.1, 0.15) is 5.69 Å². The summed E-state index contributed by atoms with van der Waals surface area (Å²) in [4.78, 5) is 24.9. The third-order valence-electron chi connectivity index (χ3n) is 4.69. The Bertz CT molecular complexity index is 1080. The van der Waals surface area contributed by atoms with Gasteiger partial charge in [0.15, 0.2) is 5.76 Å². The van der Waals surface area contributed by atoms with Crippen molar-refractivity contribution in [2.24, 2.45) is 0 Å². The van der Waals surface area contributed by atoms with E-state index in [1.165, 1.54) is 0 Å². The van der Waals surface area contributed by atoms with Gasteiger partial charge in [0.25, 0.3) is 0 Å². The van der Waals surface area contributed by atoms with Crippen LogP contribution in [0.4, 0.5) is 0 Å². The Morgan fingerprint density at radius 2 is 1.78 bits per heavy atom. The van der Waals surface area contributed by atoms with Gasteiger partial charge in [-0.25, -0.2) is 9.59 Å². The average Bonchev–Trinajstić information content (AvgIpc) is 3.19. The molecule has 0 spiro atoms. The third-order valence-corrected chi connectivity index (χ3v) is 4.69. The highest BCUT2D eigenvalue weighted by Gasteiger charge is 2.36. The number of fused-ring (bicyclic) bond motifs is 3. The average molecular weight is 361 g/mol. The molecule has 0 unspecified atom stereocenters. The predicted molar refractivity (Wildman–Crippen MR) is 102 cm³/mol. The van der Waals surface area contributed by atoms with Crippen LogP contribution in [0.15, 0.2) is 60.2 Å². The van der Waals surface area contributed by atoms with Crippen molar-refractivity contribution in [3.05, 3.63) is 77.0 Å². The van der Waals surface area contributed by atoms with Gasteiger partial charge in [-0.15, -0.1) is 0 Å². The van der Waals surface area contributed by atoms with Gasteiger partial charge in [-0.1, -0.05) is 48.5 Å². The van der Waals surface area contributed by atoms with E-state index in [4.69, 9.17) is 9.47 Å². The number of cyclic esters (lactones) is 1. The minimum atomic E-state index is -0.482. The van der Waals surface area contributed by atoms with Crippen LogP contribution in [0.25, 0.3) is 16.7 Å². The zero-order valence-corrected chi connectivity index (χ0v) is 15.2. The van der Waals surface area contributed by atoms with Gasteiger partial charge in [0, 0.05) is 17.4 Å². The van der Waals surface area contributed by atoms with Gasteiger partial charge in [0.05, 0.1) is 17.7 Å². The molecule has 4 rings (SSSR count). The number of ether oxygens (including phenoxy) is 2. The molecule has 3 aromatic rings. The maximum absolute atomic E-state index is 12.6. The minimum absolute atomic E-state index is 0.261. The van der Waals surface area contributed by atoms with E-state index in [-0.39, 0.29) is 12.4 Å². The van der Waals surface area contributed by atoms with Gasteiger partial charge in [-0.05, 0) is 25.5 Å². The van der Waals surface area contributed by atoms with E-state index in [0.29, 0.717) is 23.4 Å². The Labute approximate surface area is 156 Å². The van der Waals surface area contributed by atoms with Crippen LogP contribution < -0.4 is 0 Å². The zero-order chi connectivity index (χ0) is 19.0. The van der Waals surface area contributed by atoms with Crippen molar-refractivity contribution in [3.8, 4) is 0 Å². The highest BCUT2D eigenvalue weighted by atomic mass is 16.6. The van der Waals surface area contributed by atoms with Crippen molar-refractivity contribution in [1.29, 1.82) is 0 Å². The maximum atomic E-state index is 12.6. The second-order valence-corrected chi connectivity index (χ2v) is 6.38. The zero-order valence-electron chi connectivity index (χ0n) is 15.2. The lowest BCUT2D eigenvalue weighted by molar-refractivity contribution is -0.138. The molecule has 2 aromatic carbocycles. The summed E-state index contributed by atoms with van der Waals surface area (Å²) in [6.07, 6.45) is 0. The topological polar surface area (TPSA) is 57.5 Å².